The Kier molecular flexibility index (Phi) is 9.66. The second kappa shape index (κ2) is 13.1. The van der Waals surface area contributed by atoms with E-state index in [-0.39, 0.29) is 29.5 Å². The van der Waals surface area contributed by atoms with E-state index in [0.717, 1.165) is 20.3 Å². The monoisotopic (exact) mass is 648 g/mol. The van der Waals surface area contributed by atoms with Crippen LogP contribution >= 0.6 is 50.8 Å². The highest BCUT2D eigenvalue weighted by molar-refractivity contribution is 9.10. The fourth-order valence-corrected chi connectivity index (χ4v) is 5.99. The van der Waals surface area contributed by atoms with Crippen molar-refractivity contribution in [2.75, 3.05) is 16.8 Å². The first-order chi connectivity index (χ1) is 18.7. The van der Waals surface area contributed by atoms with Crippen LogP contribution in [0.5, 0.6) is 0 Å². The van der Waals surface area contributed by atoms with Crippen molar-refractivity contribution in [1.82, 2.24) is 30.3 Å². The zero-order valence-corrected chi connectivity index (χ0v) is 24.6. The second-order valence-corrected chi connectivity index (χ2v) is 12.1. The molecule has 202 valence electrons. The van der Waals surface area contributed by atoms with Crippen molar-refractivity contribution in [2.45, 2.75) is 29.9 Å². The number of hydrogen-bond donors (Lipinski definition) is 2. The van der Waals surface area contributed by atoms with Gasteiger partial charge in [0.05, 0.1) is 17.2 Å². The highest BCUT2D eigenvalue weighted by Crippen LogP contribution is 2.27. The maximum absolute atomic E-state index is 12.8. The summed E-state index contributed by atoms with van der Waals surface area (Å²) in [5, 5.41) is 34.1. The van der Waals surface area contributed by atoms with E-state index in [2.05, 4.69) is 47.0 Å². The van der Waals surface area contributed by atoms with E-state index in [4.69, 9.17) is 0 Å². The lowest BCUT2D eigenvalue weighted by Gasteiger charge is -2.11. The molecule has 0 aliphatic rings. The summed E-state index contributed by atoms with van der Waals surface area (Å²) in [5.74, 6) is 0.558. The predicted octanol–water partition coefficient (Wildman–Crippen LogP) is 4.87. The number of nitrogens with one attached hydrogen (secondary N) is 2. The summed E-state index contributed by atoms with van der Waals surface area (Å²) < 4.78 is 3.40. The number of halogens is 1. The van der Waals surface area contributed by atoms with Gasteiger partial charge in [0, 0.05) is 27.4 Å². The van der Waals surface area contributed by atoms with Crippen molar-refractivity contribution in [3.05, 3.63) is 74.0 Å². The number of hydrogen-bond acceptors (Lipinski definition) is 11. The molecule has 0 saturated heterocycles. The van der Waals surface area contributed by atoms with Gasteiger partial charge in [0.1, 0.15) is 0 Å². The van der Waals surface area contributed by atoms with Crippen molar-refractivity contribution < 1.29 is 14.5 Å². The van der Waals surface area contributed by atoms with Gasteiger partial charge in [-0.1, -0.05) is 63.8 Å². The van der Waals surface area contributed by atoms with Gasteiger partial charge in [0.15, 0.2) is 15.3 Å². The molecule has 16 heteroatoms. The lowest BCUT2D eigenvalue weighted by molar-refractivity contribution is -0.385. The van der Waals surface area contributed by atoms with Gasteiger partial charge in [-0.15, -0.1) is 20.4 Å². The van der Waals surface area contributed by atoms with Crippen LogP contribution in [0.2, 0.25) is 0 Å². The van der Waals surface area contributed by atoms with Gasteiger partial charge >= 0.3 is 0 Å². The molecule has 2 amide bonds. The molecule has 0 saturated carbocycles. The molecule has 2 heterocycles. The van der Waals surface area contributed by atoms with Gasteiger partial charge in [-0.2, -0.15) is 0 Å². The van der Waals surface area contributed by atoms with Gasteiger partial charge in [-0.25, -0.2) is 0 Å². The molecule has 4 rings (SSSR count). The number of amides is 2. The van der Waals surface area contributed by atoms with Gasteiger partial charge in [-0.3, -0.25) is 29.6 Å². The van der Waals surface area contributed by atoms with Crippen molar-refractivity contribution in [2.24, 2.45) is 0 Å². The third-order valence-corrected chi connectivity index (χ3v) is 8.43. The highest BCUT2D eigenvalue weighted by atomic mass is 79.9. The van der Waals surface area contributed by atoms with E-state index in [1.54, 1.807) is 23.3 Å². The molecule has 39 heavy (non-hydrogen) atoms. The Labute approximate surface area is 243 Å². The Morgan fingerprint density at radius 3 is 2.59 bits per heavy atom. The lowest BCUT2D eigenvalue weighted by atomic mass is 10.1. The molecular weight excluding hydrogens is 628 g/mol. The standard InChI is InChI=1S/C23H21BrN8O4S3/c1-3-37-23-30-28-21(39-23)26-19(33)12-38-22-29-27-18(31(22)16-8-6-15(24)7-9-16)11-25-20(34)14-5-4-13(2)17(10-14)32(35)36/h4-10H,3,11-12H2,1-2H3,(H,25,34)(H,26,28,33). The van der Waals surface area contributed by atoms with Crippen LogP contribution in [0.25, 0.3) is 5.69 Å². The highest BCUT2D eigenvalue weighted by Gasteiger charge is 2.19. The first-order valence-electron chi connectivity index (χ1n) is 11.4. The summed E-state index contributed by atoms with van der Waals surface area (Å²) in [4.78, 5) is 36.1. The van der Waals surface area contributed by atoms with Crippen LogP contribution in [-0.4, -0.2) is 53.2 Å². The maximum atomic E-state index is 12.8. The molecule has 12 nitrogen and oxygen atoms in total. The van der Waals surface area contributed by atoms with Crippen molar-refractivity contribution in [1.29, 1.82) is 0 Å². The number of aryl methyl sites for hydroxylation is 1. The zero-order valence-electron chi connectivity index (χ0n) is 20.6. The topological polar surface area (TPSA) is 158 Å². The van der Waals surface area contributed by atoms with Crippen LogP contribution < -0.4 is 10.6 Å². The molecule has 0 aliphatic heterocycles. The Morgan fingerprint density at radius 2 is 1.87 bits per heavy atom. The van der Waals surface area contributed by atoms with Crippen LogP contribution in [0, 0.1) is 17.0 Å². The van der Waals surface area contributed by atoms with E-state index in [0.29, 0.717) is 21.7 Å². The van der Waals surface area contributed by atoms with Crippen LogP contribution in [0.1, 0.15) is 28.7 Å². The fourth-order valence-electron chi connectivity index (χ4n) is 3.29. The number of carbonyl (C=O) groups is 2. The number of carbonyl (C=O) groups excluding carboxylic acids is 2. The largest absolute Gasteiger partial charge is 0.345 e. The van der Waals surface area contributed by atoms with Crippen molar-refractivity contribution >= 4 is 73.4 Å². The molecule has 2 N–H and O–H groups in total. The van der Waals surface area contributed by atoms with E-state index in [1.807, 2.05) is 31.2 Å². The molecule has 4 aromatic rings. The second-order valence-electron chi connectivity index (χ2n) is 7.79. The number of thioether (sulfide) groups is 2. The number of nitro benzene ring substituents is 1. The third kappa shape index (κ3) is 7.40. The molecule has 0 atom stereocenters. The third-order valence-electron chi connectivity index (χ3n) is 5.11. The number of nitro groups is 1. The van der Waals surface area contributed by atoms with E-state index >= 15 is 0 Å². The number of rotatable bonds is 11. The summed E-state index contributed by atoms with van der Waals surface area (Å²) in [7, 11) is 0. The van der Waals surface area contributed by atoms with Gasteiger partial charge in [0.2, 0.25) is 11.0 Å². The number of benzene rings is 2. The summed E-state index contributed by atoms with van der Waals surface area (Å²) in [6, 6.07) is 11.7. The summed E-state index contributed by atoms with van der Waals surface area (Å²) in [5.41, 5.74) is 1.22. The van der Waals surface area contributed by atoms with Gasteiger partial charge < -0.3 is 5.32 Å². The molecule has 0 fully saturated rings. The molecule has 2 aromatic carbocycles. The number of nitrogens with zero attached hydrogens (tertiary/aromatic N) is 6. The molecule has 0 aliphatic carbocycles. The number of anilines is 1. The minimum atomic E-state index is -0.524. The maximum Gasteiger partial charge on any atom is 0.273 e. The minimum absolute atomic E-state index is 0.00101. The quantitative estimate of drug-likeness (QED) is 0.0994. The Bertz CT molecular complexity index is 1510. The smallest absolute Gasteiger partial charge is 0.273 e. The average Bonchev–Trinajstić information content (AvgIpc) is 3.53. The fraction of sp³-hybridized carbons (Fsp3) is 0.217. The van der Waals surface area contributed by atoms with E-state index in [1.165, 1.54) is 41.3 Å². The predicted molar refractivity (Wildman–Crippen MR) is 154 cm³/mol. The Hall–Kier alpha value is -3.34. The van der Waals surface area contributed by atoms with Crippen LogP contribution in [0.4, 0.5) is 10.8 Å². The van der Waals surface area contributed by atoms with E-state index < -0.39 is 10.8 Å². The molecule has 0 spiro atoms. The van der Waals surface area contributed by atoms with Crippen LogP contribution in [0.15, 0.2) is 56.4 Å². The molecule has 0 radical (unpaired) electrons. The average molecular weight is 650 g/mol. The summed E-state index contributed by atoms with van der Waals surface area (Å²) >= 11 is 7.45. The Morgan fingerprint density at radius 1 is 1.10 bits per heavy atom. The van der Waals surface area contributed by atoms with Gasteiger partial charge in [-0.05, 0) is 43.0 Å². The lowest BCUT2D eigenvalue weighted by Crippen LogP contribution is -2.25. The Balaban J connectivity index is 1.49. The van der Waals surface area contributed by atoms with E-state index in [9.17, 15) is 19.7 Å². The number of aromatic nitrogens is 5. The molecule has 2 aromatic heterocycles. The minimum Gasteiger partial charge on any atom is -0.345 e. The van der Waals surface area contributed by atoms with Crippen molar-refractivity contribution in [3.8, 4) is 5.69 Å². The van der Waals surface area contributed by atoms with Crippen molar-refractivity contribution in [3.63, 3.8) is 0 Å². The molecule has 0 bridgehead atoms. The van der Waals surface area contributed by atoms with Crippen LogP contribution in [-0.2, 0) is 11.3 Å². The summed E-state index contributed by atoms with van der Waals surface area (Å²) in [6.45, 7) is 3.62. The molecule has 0 unspecified atom stereocenters. The summed E-state index contributed by atoms with van der Waals surface area (Å²) in [6.07, 6.45) is 0. The van der Waals surface area contributed by atoms with Gasteiger partial charge in [0.25, 0.3) is 11.6 Å². The SMILES string of the molecule is CCSc1nnc(NC(=O)CSc2nnc(CNC(=O)c3ccc(C)c([N+](=O)[O-])c3)n2-c2ccc(Br)cc2)s1. The molecular formula is C23H21BrN8O4S3. The normalized spacial score (nSPS) is 10.8. The first-order valence-corrected chi connectivity index (χ1v) is 15.0. The first kappa shape index (κ1) is 28.7. The van der Waals surface area contributed by atoms with Crippen LogP contribution in [0.3, 0.4) is 0 Å². The zero-order chi connectivity index (χ0) is 27.9.